The molecule has 28 heavy (non-hydrogen) atoms. The average molecular weight is 414 g/mol. The van der Waals surface area contributed by atoms with E-state index in [-0.39, 0.29) is 12.8 Å². The molecule has 1 aliphatic rings. The fraction of sp³-hybridized carbons (Fsp3) is 0.316. The molecular weight excluding hydrogens is 397 g/mol. The molecule has 1 fully saturated rings. The molecule has 3 rings (SSSR count). The Balaban J connectivity index is 1.93. The van der Waals surface area contributed by atoms with E-state index in [4.69, 9.17) is 4.74 Å². The summed E-state index contributed by atoms with van der Waals surface area (Å²) in [5.41, 5.74) is -1.26. The molecule has 5 nitrogen and oxygen atoms in total. The highest BCUT2D eigenvalue weighted by molar-refractivity contribution is 7.92. The van der Waals surface area contributed by atoms with E-state index in [9.17, 15) is 31.5 Å². The van der Waals surface area contributed by atoms with E-state index >= 15 is 0 Å². The zero-order valence-corrected chi connectivity index (χ0v) is 15.3. The van der Waals surface area contributed by atoms with E-state index in [1.807, 2.05) is 0 Å². The van der Waals surface area contributed by atoms with Crippen molar-refractivity contribution < 1.29 is 36.2 Å². The number of benzene rings is 2. The van der Waals surface area contributed by atoms with E-state index < -0.39 is 49.7 Å². The predicted molar refractivity (Wildman–Crippen MR) is 93.6 cm³/mol. The van der Waals surface area contributed by atoms with Gasteiger partial charge < -0.3 is 9.84 Å². The van der Waals surface area contributed by atoms with E-state index in [2.05, 4.69) is 0 Å². The number of rotatable bonds is 5. The minimum absolute atomic E-state index is 0.208. The molecule has 0 bridgehead atoms. The third-order valence-corrected chi connectivity index (χ3v) is 6.98. The van der Waals surface area contributed by atoms with Gasteiger partial charge in [-0.25, -0.2) is 8.42 Å². The summed E-state index contributed by atoms with van der Waals surface area (Å²) < 4.78 is 71.2. The van der Waals surface area contributed by atoms with Crippen LogP contribution in [0, 0.1) is 5.92 Å². The molecular formula is C19H17F3O5S. The predicted octanol–water partition coefficient (Wildman–Crippen LogP) is 3.79. The first-order valence-electron chi connectivity index (χ1n) is 8.45. The molecule has 0 aromatic heterocycles. The largest absolute Gasteiger partial charge is 0.489 e. The zero-order chi connectivity index (χ0) is 20.5. The van der Waals surface area contributed by atoms with Gasteiger partial charge in [-0.15, -0.1) is 0 Å². The zero-order valence-electron chi connectivity index (χ0n) is 14.5. The Kier molecular flexibility index (Phi) is 5.38. The Morgan fingerprint density at radius 3 is 2.21 bits per heavy atom. The number of hydrogen-bond donors (Lipinski definition) is 1. The lowest BCUT2D eigenvalue weighted by Crippen LogP contribution is -2.27. The number of carboxylic acid groups (broad SMARTS) is 1. The minimum atomic E-state index is -4.84. The molecule has 0 saturated heterocycles. The molecule has 1 saturated carbocycles. The van der Waals surface area contributed by atoms with E-state index in [0.29, 0.717) is 11.8 Å². The normalized spacial score (nSPS) is 22.8. The molecule has 0 spiro atoms. The average Bonchev–Trinajstić information content (AvgIpc) is 3.07. The third-order valence-electron chi connectivity index (χ3n) is 4.75. The Morgan fingerprint density at radius 2 is 1.61 bits per heavy atom. The van der Waals surface area contributed by atoms with Gasteiger partial charge in [0.15, 0.2) is 9.84 Å². The number of hydrogen-bond acceptors (Lipinski definition) is 4. The first kappa shape index (κ1) is 20.2. The summed E-state index contributed by atoms with van der Waals surface area (Å²) in [4.78, 5) is 10.7. The van der Waals surface area contributed by atoms with Gasteiger partial charge in [-0.05, 0) is 30.7 Å². The maximum atomic E-state index is 13.3. The number of carbonyl (C=O) groups is 1. The molecule has 2 aromatic carbocycles. The van der Waals surface area contributed by atoms with Crippen molar-refractivity contribution in [3.8, 4) is 5.75 Å². The second-order valence-corrected chi connectivity index (χ2v) is 8.74. The van der Waals surface area contributed by atoms with Crippen molar-refractivity contribution in [1.29, 1.82) is 0 Å². The Hall–Kier alpha value is -2.55. The molecule has 2 aromatic rings. The SMILES string of the molecule is O=C(O)[C@H]1C[C@H](S(=O)(=O)c2ccccc2C(F)(F)F)C[C@@H]1Oc1ccccc1. The number of para-hydroxylation sites is 1. The van der Waals surface area contributed by atoms with Crippen LogP contribution >= 0.6 is 0 Å². The summed E-state index contributed by atoms with van der Waals surface area (Å²) in [5, 5.41) is 8.16. The van der Waals surface area contributed by atoms with Crippen molar-refractivity contribution in [3.05, 3.63) is 60.2 Å². The highest BCUT2D eigenvalue weighted by atomic mass is 32.2. The van der Waals surface area contributed by atoms with Crippen LogP contribution in [-0.4, -0.2) is 30.8 Å². The van der Waals surface area contributed by atoms with Gasteiger partial charge in [0.2, 0.25) is 0 Å². The minimum Gasteiger partial charge on any atom is -0.489 e. The van der Waals surface area contributed by atoms with Crippen LogP contribution in [0.1, 0.15) is 18.4 Å². The summed E-state index contributed by atoms with van der Waals surface area (Å²) >= 11 is 0. The number of halogens is 3. The van der Waals surface area contributed by atoms with Gasteiger partial charge in [0.05, 0.1) is 21.6 Å². The molecule has 9 heteroatoms. The van der Waals surface area contributed by atoms with Crippen LogP contribution in [0.4, 0.5) is 13.2 Å². The van der Waals surface area contributed by atoms with Gasteiger partial charge in [-0.1, -0.05) is 30.3 Å². The van der Waals surface area contributed by atoms with Crippen LogP contribution < -0.4 is 4.74 Å². The van der Waals surface area contributed by atoms with E-state index in [1.165, 1.54) is 6.07 Å². The van der Waals surface area contributed by atoms with Crippen molar-refractivity contribution in [2.45, 2.75) is 35.3 Å². The summed E-state index contributed by atoms with van der Waals surface area (Å²) in [7, 11) is -4.41. The topological polar surface area (TPSA) is 80.7 Å². The molecule has 0 aliphatic heterocycles. The third kappa shape index (κ3) is 3.99. The van der Waals surface area contributed by atoms with Crippen molar-refractivity contribution in [3.63, 3.8) is 0 Å². The molecule has 0 heterocycles. The molecule has 0 unspecified atom stereocenters. The van der Waals surface area contributed by atoms with Crippen molar-refractivity contribution in [1.82, 2.24) is 0 Å². The smallest absolute Gasteiger partial charge is 0.417 e. The van der Waals surface area contributed by atoms with Gasteiger partial charge >= 0.3 is 12.1 Å². The number of alkyl halides is 3. The lowest BCUT2D eigenvalue weighted by Gasteiger charge is -2.18. The van der Waals surface area contributed by atoms with Gasteiger partial charge in [0.1, 0.15) is 11.9 Å². The first-order valence-corrected chi connectivity index (χ1v) is 10.00. The van der Waals surface area contributed by atoms with Gasteiger partial charge in [0.25, 0.3) is 0 Å². The number of sulfone groups is 1. The maximum Gasteiger partial charge on any atom is 0.417 e. The van der Waals surface area contributed by atoms with Gasteiger partial charge in [-0.2, -0.15) is 13.2 Å². The van der Waals surface area contributed by atoms with Crippen LogP contribution in [0.5, 0.6) is 5.75 Å². The lowest BCUT2D eigenvalue weighted by atomic mass is 10.1. The van der Waals surface area contributed by atoms with Gasteiger partial charge in [-0.3, -0.25) is 4.79 Å². The lowest BCUT2D eigenvalue weighted by molar-refractivity contribution is -0.144. The van der Waals surface area contributed by atoms with Crippen molar-refractivity contribution >= 4 is 15.8 Å². The Morgan fingerprint density at radius 1 is 1.00 bits per heavy atom. The van der Waals surface area contributed by atoms with Gasteiger partial charge in [0, 0.05) is 6.42 Å². The van der Waals surface area contributed by atoms with Crippen molar-refractivity contribution in [2.24, 2.45) is 5.92 Å². The number of aliphatic carboxylic acids is 1. The first-order chi connectivity index (χ1) is 13.1. The fourth-order valence-corrected chi connectivity index (χ4v) is 5.42. The maximum absolute atomic E-state index is 13.3. The summed E-state index contributed by atoms with van der Waals surface area (Å²) in [5.74, 6) is -2.02. The molecule has 1 N–H and O–H groups in total. The second kappa shape index (κ2) is 7.46. The van der Waals surface area contributed by atoms with E-state index in [0.717, 1.165) is 12.1 Å². The van der Waals surface area contributed by atoms with Crippen molar-refractivity contribution in [2.75, 3.05) is 0 Å². The van der Waals surface area contributed by atoms with Crippen LogP contribution in [0.25, 0.3) is 0 Å². The molecule has 0 radical (unpaired) electrons. The molecule has 0 amide bonds. The quantitative estimate of drug-likeness (QED) is 0.805. The monoisotopic (exact) mass is 414 g/mol. The molecule has 3 atom stereocenters. The highest BCUT2D eigenvalue weighted by Crippen LogP contribution is 2.40. The highest BCUT2D eigenvalue weighted by Gasteiger charge is 2.48. The molecule has 150 valence electrons. The van der Waals surface area contributed by atoms with Crippen LogP contribution in [0.3, 0.4) is 0 Å². The van der Waals surface area contributed by atoms with Crippen LogP contribution in [0.2, 0.25) is 0 Å². The fourth-order valence-electron chi connectivity index (χ4n) is 3.40. The second-order valence-electron chi connectivity index (χ2n) is 6.55. The Bertz CT molecular complexity index is 957. The summed E-state index contributed by atoms with van der Waals surface area (Å²) in [6.45, 7) is 0. The van der Waals surface area contributed by atoms with Crippen LogP contribution in [0.15, 0.2) is 59.5 Å². The standard InChI is InChI=1S/C19H17F3O5S/c20-19(21,22)15-8-4-5-9-17(15)28(25,26)13-10-14(18(23)24)16(11-13)27-12-6-2-1-3-7-12/h1-9,13-14,16H,10-11H2,(H,23,24)/t13-,14-,16-/m0/s1. The number of ether oxygens (including phenoxy) is 1. The van der Waals surface area contributed by atoms with E-state index in [1.54, 1.807) is 30.3 Å². The Labute approximate surface area is 159 Å². The summed E-state index contributed by atoms with van der Waals surface area (Å²) in [6.07, 6.45) is -6.33. The number of carboxylic acids is 1. The van der Waals surface area contributed by atoms with Crippen LogP contribution in [-0.2, 0) is 20.8 Å². The molecule has 1 aliphatic carbocycles. The summed E-state index contributed by atoms with van der Waals surface area (Å²) in [6, 6.07) is 12.2.